The molecule has 5 heteroatoms. The Labute approximate surface area is 83.5 Å². The number of halogens is 1. The maximum absolute atomic E-state index is 11.3. The summed E-state index contributed by atoms with van der Waals surface area (Å²) in [7, 11) is 3.55. The highest BCUT2D eigenvalue weighted by Crippen LogP contribution is 2.20. The molecule has 1 amide bonds. The van der Waals surface area contributed by atoms with E-state index in [9.17, 15) is 4.79 Å². The predicted octanol–water partition coefficient (Wildman–Crippen LogP) is 1.72. The molecule has 3 nitrogen and oxygen atoms in total. The number of nitrogens with one attached hydrogen (secondary N) is 1. The lowest BCUT2D eigenvalue weighted by Crippen LogP contribution is -2.35. The van der Waals surface area contributed by atoms with Crippen LogP contribution in [0.3, 0.4) is 0 Å². The Morgan fingerprint density at radius 3 is 2.75 bits per heavy atom. The maximum atomic E-state index is 11.3. The van der Waals surface area contributed by atoms with Crippen molar-refractivity contribution >= 4 is 33.2 Å². The normalized spacial score (nSPS) is 10.3. The Morgan fingerprint density at radius 2 is 2.33 bits per heavy atom. The molecule has 0 fully saturated rings. The minimum absolute atomic E-state index is 0.0815. The Kier molecular flexibility index (Phi) is 3.25. The summed E-state index contributed by atoms with van der Waals surface area (Å²) in [6.45, 7) is 0. The van der Waals surface area contributed by atoms with E-state index in [-0.39, 0.29) is 5.91 Å². The highest BCUT2D eigenvalue weighted by molar-refractivity contribution is 9.11. The van der Waals surface area contributed by atoms with Gasteiger partial charge in [0, 0.05) is 19.5 Å². The predicted molar refractivity (Wildman–Crippen MR) is 53.2 cm³/mol. The Bertz CT molecular complexity index is 285. The van der Waals surface area contributed by atoms with Crippen molar-refractivity contribution in [2.45, 2.75) is 0 Å². The molecule has 0 aliphatic carbocycles. The van der Waals surface area contributed by atoms with Crippen LogP contribution in [0.2, 0.25) is 0 Å². The number of amides is 1. The molecule has 1 aromatic heterocycles. The number of nitrogens with zero attached hydrogens (tertiary/aromatic N) is 1. The summed E-state index contributed by atoms with van der Waals surface area (Å²) in [5, 5.41) is 3.43. The smallest absolute Gasteiger partial charge is 0.266 e. The summed E-state index contributed by atoms with van der Waals surface area (Å²) in [5.74, 6) is -0.0815. The monoisotopic (exact) mass is 248 g/mol. The Hall–Kier alpha value is -0.390. The van der Waals surface area contributed by atoms with Gasteiger partial charge in [-0.3, -0.25) is 10.2 Å². The summed E-state index contributed by atoms with van der Waals surface area (Å²) >= 11 is 4.79. The van der Waals surface area contributed by atoms with Gasteiger partial charge in [0.15, 0.2) is 0 Å². The Balaban J connectivity index is 2.65. The van der Waals surface area contributed by atoms with E-state index in [1.807, 2.05) is 5.38 Å². The van der Waals surface area contributed by atoms with Gasteiger partial charge in [-0.1, -0.05) is 0 Å². The maximum Gasteiger partial charge on any atom is 0.266 e. The number of hydrogen-bond acceptors (Lipinski definition) is 3. The number of hydrazine groups is 1. The summed E-state index contributed by atoms with van der Waals surface area (Å²) in [5.41, 5.74) is 3.33. The van der Waals surface area contributed by atoms with Gasteiger partial charge in [0.1, 0.15) is 0 Å². The minimum atomic E-state index is -0.0815. The van der Waals surface area contributed by atoms with Gasteiger partial charge in [-0.05, 0) is 22.0 Å². The fourth-order valence-corrected chi connectivity index (χ4v) is 1.83. The molecule has 0 aliphatic heterocycles. The second kappa shape index (κ2) is 4.02. The lowest BCUT2D eigenvalue weighted by atomic mass is 10.3. The summed E-state index contributed by atoms with van der Waals surface area (Å²) in [6.07, 6.45) is 0. The zero-order valence-electron chi connectivity index (χ0n) is 6.80. The molecule has 12 heavy (non-hydrogen) atoms. The van der Waals surface area contributed by atoms with Gasteiger partial charge in [0.2, 0.25) is 0 Å². The molecule has 1 rings (SSSR count). The van der Waals surface area contributed by atoms with Crippen LogP contribution in [0.25, 0.3) is 0 Å². The molecule has 0 unspecified atom stereocenters. The van der Waals surface area contributed by atoms with Crippen molar-refractivity contribution in [3.05, 3.63) is 20.8 Å². The molecule has 66 valence electrons. The highest BCUT2D eigenvalue weighted by Gasteiger charge is 2.07. The van der Waals surface area contributed by atoms with Crippen molar-refractivity contribution in [2.75, 3.05) is 14.1 Å². The van der Waals surface area contributed by atoms with Crippen LogP contribution in [0.4, 0.5) is 0 Å². The number of thiophene rings is 1. The van der Waals surface area contributed by atoms with Crippen molar-refractivity contribution in [3.63, 3.8) is 0 Å². The molecular weight excluding hydrogens is 240 g/mol. The average molecular weight is 249 g/mol. The zero-order valence-corrected chi connectivity index (χ0v) is 9.20. The summed E-state index contributed by atoms with van der Waals surface area (Å²) < 4.78 is 0.964. The topological polar surface area (TPSA) is 32.3 Å². The van der Waals surface area contributed by atoms with E-state index in [1.54, 1.807) is 25.2 Å². The molecule has 1 N–H and O–H groups in total. The van der Waals surface area contributed by atoms with Crippen LogP contribution in [-0.2, 0) is 0 Å². The standard InChI is InChI=1S/C7H9BrN2OS/c1-10(2)9-7(11)5-3-6(8)12-4-5/h3-4H,1-2H3,(H,9,11). The van der Waals surface area contributed by atoms with Gasteiger partial charge in [-0.25, -0.2) is 5.01 Å². The van der Waals surface area contributed by atoms with Crippen molar-refractivity contribution in [1.82, 2.24) is 10.4 Å². The van der Waals surface area contributed by atoms with Crippen LogP contribution in [0.15, 0.2) is 15.2 Å². The molecule has 0 aromatic carbocycles. The first-order chi connectivity index (χ1) is 5.59. The first kappa shape index (κ1) is 9.70. The van der Waals surface area contributed by atoms with Crippen molar-refractivity contribution < 1.29 is 4.79 Å². The lowest BCUT2D eigenvalue weighted by molar-refractivity contribution is 0.0857. The lowest BCUT2D eigenvalue weighted by Gasteiger charge is -2.10. The van der Waals surface area contributed by atoms with Gasteiger partial charge in [0.25, 0.3) is 5.91 Å². The SMILES string of the molecule is CN(C)NC(=O)c1csc(Br)c1. The first-order valence-electron chi connectivity index (χ1n) is 3.32. The second-order valence-corrected chi connectivity index (χ2v) is 4.77. The average Bonchev–Trinajstić information content (AvgIpc) is 2.34. The van der Waals surface area contributed by atoms with Crippen LogP contribution in [0.5, 0.6) is 0 Å². The van der Waals surface area contributed by atoms with E-state index in [0.717, 1.165) is 3.79 Å². The Morgan fingerprint density at radius 1 is 1.67 bits per heavy atom. The second-order valence-electron chi connectivity index (χ2n) is 2.47. The van der Waals surface area contributed by atoms with Gasteiger partial charge < -0.3 is 0 Å². The third kappa shape index (κ3) is 2.58. The first-order valence-corrected chi connectivity index (χ1v) is 4.99. The molecule has 0 spiro atoms. The number of carbonyl (C=O) groups excluding carboxylic acids is 1. The number of carbonyl (C=O) groups is 1. The van der Waals surface area contributed by atoms with Crippen LogP contribution in [-0.4, -0.2) is 25.0 Å². The van der Waals surface area contributed by atoms with Crippen LogP contribution in [0, 0.1) is 0 Å². The van der Waals surface area contributed by atoms with E-state index in [1.165, 1.54) is 11.3 Å². The molecule has 1 heterocycles. The van der Waals surface area contributed by atoms with Gasteiger partial charge >= 0.3 is 0 Å². The molecule has 0 aliphatic rings. The fraction of sp³-hybridized carbons (Fsp3) is 0.286. The van der Waals surface area contributed by atoms with Crippen molar-refractivity contribution in [1.29, 1.82) is 0 Å². The minimum Gasteiger partial charge on any atom is -0.285 e. The van der Waals surface area contributed by atoms with E-state index < -0.39 is 0 Å². The number of rotatable bonds is 2. The van der Waals surface area contributed by atoms with E-state index in [0.29, 0.717) is 5.56 Å². The molecule has 0 atom stereocenters. The van der Waals surface area contributed by atoms with Crippen LogP contribution >= 0.6 is 27.3 Å². The van der Waals surface area contributed by atoms with Gasteiger partial charge in [-0.2, -0.15) is 0 Å². The molecule has 0 bridgehead atoms. The van der Waals surface area contributed by atoms with E-state index in [4.69, 9.17) is 0 Å². The quantitative estimate of drug-likeness (QED) is 0.809. The van der Waals surface area contributed by atoms with Crippen LogP contribution < -0.4 is 5.43 Å². The fourth-order valence-electron chi connectivity index (χ4n) is 0.697. The van der Waals surface area contributed by atoms with Crippen molar-refractivity contribution in [2.24, 2.45) is 0 Å². The third-order valence-corrected chi connectivity index (χ3v) is 2.66. The molecule has 0 saturated carbocycles. The number of hydrogen-bond donors (Lipinski definition) is 1. The van der Waals surface area contributed by atoms with Crippen molar-refractivity contribution in [3.8, 4) is 0 Å². The largest absolute Gasteiger partial charge is 0.285 e. The highest BCUT2D eigenvalue weighted by atomic mass is 79.9. The third-order valence-electron chi connectivity index (χ3n) is 1.15. The van der Waals surface area contributed by atoms with E-state index in [2.05, 4.69) is 21.4 Å². The van der Waals surface area contributed by atoms with Gasteiger partial charge in [0.05, 0.1) is 9.35 Å². The van der Waals surface area contributed by atoms with E-state index >= 15 is 0 Å². The molecule has 1 aromatic rings. The molecular formula is C7H9BrN2OS. The van der Waals surface area contributed by atoms with Gasteiger partial charge in [-0.15, -0.1) is 11.3 Å². The van der Waals surface area contributed by atoms with Crippen LogP contribution in [0.1, 0.15) is 10.4 Å². The summed E-state index contributed by atoms with van der Waals surface area (Å²) in [6, 6.07) is 1.80. The molecule has 0 radical (unpaired) electrons. The molecule has 0 saturated heterocycles. The zero-order chi connectivity index (χ0) is 9.14. The summed E-state index contributed by atoms with van der Waals surface area (Å²) in [4.78, 5) is 11.3.